The van der Waals surface area contributed by atoms with Crippen molar-refractivity contribution in [3.05, 3.63) is 29.3 Å². The Balaban J connectivity index is 0.00000192. The lowest BCUT2D eigenvalue weighted by Gasteiger charge is -2.28. The number of fused-ring (bicyclic) bond motifs is 2. The van der Waals surface area contributed by atoms with Crippen LogP contribution < -0.4 is 5.32 Å². The first-order chi connectivity index (χ1) is 10.6. The molecule has 0 aromatic heterocycles. The smallest absolute Gasteiger partial charge is 0.223 e. The Labute approximate surface area is 150 Å². The van der Waals surface area contributed by atoms with Crippen molar-refractivity contribution >= 4 is 30.1 Å². The maximum absolute atomic E-state index is 12.6. The van der Waals surface area contributed by atoms with Gasteiger partial charge in [-0.3, -0.25) is 4.79 Å². The van der Waals surface area contributed by atoms with E-state index in [0.29, 0.717) is 24.4 Å². The molecule has 2 saturated heterocycles. The van der Waals surface area contributed by atoms with Crippen molar-refractivity contribution in [1.29, 1.82) is 0 Å². The topological polar surface area (TPSA) is 32.3 Å². The van der Waals surface area contributed by atoms with Crippen LogP contribution in [0.2, 0.25) is 0 Å². The van der Waals surface area contributed by atoms with Crippen LogP contribution >= 0.6 is 24.2 Å². The number of carbonyl (C=O) groups excluding carboxylic acids is 1. The van der Waals surface area contributed by atoms with Crippen LogP contribution in [0, 0.1) is 13.8 Å². The number of halogens is 1. The van der Waals surface area contributed by atoms with Crippen molar-refractivity contribution in [3.8, 4) is 0 Å². The van der Waals surface area contributed by atoms with E-state index in [1.807, 2.05) is 0 Å². The minimum absolute atomic E-state index is 0. The van der Waals surface area contributed by atoms with Gasteiger partial charge in [0, 0.05) is 35.7 Å². The average molecular weight is 355 g/mol. The predicted octanol–water partition coefficient (Wildman–Crippen LogP) is 3.56. The summed E-state index contributed by atoms with van der Waals surface area (Å²) in [5.74, 6) is 1.23. The van der Waals surface area contributed by atoms with Crippen LogP contribution in [0.5, 0.6) is 0 Å². The van der Waals surface area contributed by atoms with E-state index in [-0.39, 0.29) is 12.4 Å². The number of aryl methyl sites for hydroxylation is 2. The Morgan fingerprint density at radius 2 is 2.00 bits per heavy atom. The Bertz CT molecular complexity index is 538. The molecule has 2 heterocycles. The van der Waals surface area contributed by atoms with Gasteiger partial charge in [-0.2, -0.15) is 0 Å². The summed E-state index contributed by atoms with van der Waals surface area (Å²) >= 11 is 1.80. The van der Waals surface area contributed by atoms with E-state index >= 15 is 0 Å². The molecule has 2 bridgehead atoms. The number of hydrogen-bond acceptors (Lipinski definition) is 3. The fourth-order valence-electron chi connectivity index (χ4n) is 3.58. The van der Waals surface area contributed by atoms with Crippen LogP contribution in [-0.4, -0.2) is 41.7 Å². The van der Waals surface area contributed by atoms with E-state index < -0.39 is 0 Å². The monoisotopic (exact) mass is 354 g/mol. The minimum atomic E-state index is 0. The van der Waals surface area contributed by atoms with E-state index in [1.165, 1.54) is 28.9 Å². The number of thioether (sulfide) groups is 1. The molecular weight excluding hydrogens is 328 g/mol. The summed E-state index contributed by atoms with van der Waals surface area (Å²) in [5, 5.41) is 3.46. The SMILES string of the molecule is Cc1ccc(SCCC(=O)N2C3CCNCC2CC3)cc1C.Cl. The average Bonchev–Trinajstić information content (AvgIpc) is 2.76. The summed E-state index contributed by atoms with van der Waals surface area (Å²) in [4.78, 5) is 16.1. The van der Waals surface area contributed by atoms with Crippen molar-refractivity contribution < 1.29 is 4.79 Å². The van der Waals surface area contributed by atoms with Crippen LogP contribution in [0.4, 0.5) is 0 Å². The number of nitrogens with zero attached hydrogens (tertiary/aromatic N) is 1. The summed E-state index contributed by atoms with van der Waals surface area (Å²) in [7, 11) is 0. The van der Waals surface area contributed by atoms with Crippen LogP contribution in [0.15, 0.2) is 23.1 Å². The fourth-order valence-corrected chi connectivity index (χ4v) is 4.52. The van der Waals surface area contributed by atoms with Crippen LogP contribution in [0.25, 0.3) is 0 Å². The third-order valence-electron chi connectivity index (χ3n) is 5.01. The third kappa shape index (κ3) is 4.43. The molecule has 2 unspecified atom stereocenters. The molecular formula is C18H27ClN2OS. The second kappa shape index (κ2) is 8.41. The second-order valence-electron chi connectivity index (χ2n) is 6.52. The molecule has 1 N–H and O–H groups in total. The Kier molecular flexibility index (Phi) is 6.81. The summed E-state index contributed by atoms with van der Waals surface area (Å²) in [6.07, 6.45) is 4.15. The van der Waals surface area contributed by atoms with Gasteiger partial charge in [-0.15, -0.1) is 24.2 Å². The maximum atomic E-state index is 12.6. The lowest BCUT2D eigenvalue weighted by Crippen LogP contribution is -2.42. The molecule has 1 aromatic rings. The number of carbonyl (C=O) groups is 1. The molecule has 0 spiro atoms. The highest BCUT2D eigenvalue weighted by Crippen LogP contribution is 2.29. The molecule has 128 valence electrons. The molecule has 2 aliphatic rings. The molecule has 2 fully saturated rings. The van der Waals surface area contributed by atoms with Crippen LogP contribution in [-0.2, 0) is 4.79 Å². The molecule has 5 heteroatoms. The first-order valence-corrected chi connectivity index (χ1v) is 9.35. The predicted molar refractivity (Wildman–Crippen MR) is 99.6 cm³/mol. The number of amides is 1. The van der Waals surface area contributed by atoms with E-state index in [0.717, 1.165) is 25.3 Å². The molecule has 0 aliphatic carbocycles. The molecule has 0 radical (unpaired) electrons. The largest absolute Gasteiger partial charge is 0.335 e. The molecule has 2 aliphatic heterocycles. The number of nitrogens with one attached hydrogen (secondary N) is 1. The Hall–Kier alpha value is -0.710. The normalized spacial score (nSPS) is 23.3. The standard InChI is InChI=1S/C18H26N2OS.ClH/c1-13-3-6-17(11-14(13)2)22-10-8-18(21)20-15-4-5-16(20)12-19-9-7-15;/h3,6,11,15-16,19H,4-5,7-10,12H2,1-2H3;1H. The Morgan fingerprint density at radius 3 is 2.78 bits per heavy atom. The van der Waals surface area contributed by atoms with E-state index in [9.17, 15) is 4.79 Å². The molecule has 23 heavy (non-hydrogen) atoms. The van der Waals surface area contributed by atoms with Crippen molar-refractivity contribution in [3.63, 3.8) is 0 Å². The van der Waals surface area contributed by atoms with Gasteiger partial charge in [0.2, 0.25) is 5.91 Å². The van der Waals surface area contributed by atoms with Gasteiger partial charge >= 0.3 is 0 Å². The Morgan fingerprint density at radius 1 is 1.22 bits per heavy atom. The molecule has 1 aromatic carbocycles. The molecule has 0 saturated carbocycles. The molecule has 3 nitrogen and oxygen atoms in total. The lowest BCUT2D eigenvalue weighted by molar-refractivity contribution is -0.133. The van der Waals surface area contributed by atoms with Gasteiger partial charge in [-0.25, -0.2) is 0 Å². The maximum Gasteiger partial charge on any atom is 0.223 e. The van der Waals surface area contributed by atoms with Crippen molar-refractivity contribution in [2.75, 3.05) is 18.8 Å². The van der Waals surface area contributed by atoms with Gasteiger partial charge in [0.25, 0.3) is 0 Å². The van der Waals surface area contributed by atoms with Gasteiger partial charge in [-0.05, 0) is 62.9 Å². The van der Waals surface area contributed by atoms with Crippen LogP contribution in [0.3, 0.4) is 0 Å². The quantitative estimate of drug-likeness (QED) is 0.839. The number of benzene rings is 1. The van der Waals surface area contributed by atoms with E-state index in [4.69, 9.17) is 0 Å². The highest BCUT2D eigenvalue weighted by Gasteiger charge is 2.37. The summed E-state index contributed by atoms with van der Waals surface area (Å²) < 4.78 is 0. The fraction of sp³-hybridized carbons (Fsp3) is 0.611. The molecule has 1 amide bonds. The number of hydrogen-bond donors (Lipinski definition) is 1. The van der Waals surface area contributed by atoms with Crippen molar-refractivity contribution in [2.45, 2.75) is 56.5 Å². The van der Waals surface area contributed by atoms with Gasteiger partial charge in [-0.1, -0.05) is 6.07 Å². The molecule has 2 atom stereocenters. The van der Waals surface area contributed by atoms with Crippen molar-refractivity contribution in [2.24, 2.45) is 0 Å². The third-order valence-corrected chi connectivity index (χ3v) is 6.00. The highest BCUT2D eigenvalue weighted by molar-refractivity contribution is 7.99. The highest BCUT2D eigenvalue weighted by atomic mass is 35.5. The van der Waals surface area contributed by atoms with Crippen LogP contribution in [0.1, 0.15) is 36.8 Å². The van der Waals surface area contributed by atoms with E-state index in [2.05, 4.69) is 42.3 Å². The zero-order chi connectivity index (χ0) is 15.5. The molecule has 3 rings (SSSR count). The van der Waals surface area contributed by atoms with Gasteiger partial charge in [0.05, 0.1) is 0 Å². The second-order valence-corrected chi connectivity index (χ2v) is 7.69. The number of rotatable bonds is 4. The van der Waals surface area contributed by atoms with E-state index in [1.54, 1.807) is 11.8 Å². The zero-order valence-electron chi connectivity index (χ0n) is 14.0. The summed E-state index contributed by atoms with van der Waals surface area (Å²) in [6.45, 7) is 6.32. The van der Waals surface area contributed by atoms with Crippen molar-refractivity contribution in [1.82, 2.24) is 10.2 Å². The first kappa shape index (κ1) is 18.6. The van der Waals surface area contributed by atoms with Gasteiger partial charge in [0.15, 0.2) is 0 Å². The van der Waals surface area contributed by atoms with Gasteiger partial charge in [0.1, 0.15) is 0 Å². The lowest BCUT2D eigenvalue weighted by atomic mass is 10.1. The first-order valence-electron chi connectivity index (χ1n) is 8.37. The minimum Gasteiger partial charge on any atom is -0.335 e. The summed E-state index contributed by atoms with van der Waals surface area (Å²) in [5.41, 5.74) is 2.65. The van der Waals surface area contributed by atoms with Gasteiger partial charge < -0.3 is 10.2 Å². The summed E-state index contributed by atoms with van der Waals surface area (Å²) in [6, 6.07) is 7.48. The zero-order valence-corrected chi connectivity index (χ0v) is 15.6.